The molecule has 2 fully saturated rings. The lowest BCUT2D eigenvalue weighted by Gasteiger charge is -2.05. The van der Waals surface area contributed by atoms with Gasteiger partial charge < -0.3 is 0 Å². The summed E-state index contributed by atoms with van der Waals surface area (Å²) >= 11 is 0. The van der Waals surface area contributed by atoms with E-state index in [-0.39, 0.29) is 9.41 Å². The van der Waals surface area contributed by atoms with Crippen LogP contribution < -0.4 is 0 Å². The van der Waals surface area contributed by atoms with Crippen LogP contribution in [0.2, 0.25) is 0 Å². The lowest BCUT2D eigenvalue weighted by atomic mass is 10.0. The van der Waals surface area contributed by atoms with Crippen LogP contribution in [0.1, 0.15) is 77.0 Å². The maximum atomic E-state index is 1.50. The minimum absolute atomic E-state index is 0. The van der Waals surface area contributed by atoms with Crippen LogP contribution in [-0.4, -0.2) is 0 Å². The molecule has 2 rings (SSSR count). The highest BCUT2D eigenvalue weighted by atomic mass is 19.0. The Kier molecular flexibility index (Phi) is 15.0. The Hall–Kier alpha value is -0.140. The van der Waals surface area contributed by atoms with Crippen molar-refractivity contribution in [2.75, 3.05) is 0 Å². The molecule has 0 radical (unpaired) electrons. The van der Waals surface area contributed by atoms with Gasteiger partial charge in [0.15, 0.2) is 0 Å². The van der Waals surface area contributed by atoms with Gasteiger partial charge in [-0.1, -0.05) is 77.0 Å². The van der Waals surface area contributed by atoms with Crippen molar-refractivity contribution in [3.63, 3.8) is 0 Å². The second-order valence-corrected chi connectivity index (χ2v) is 4.24. The van der Waals surface area contributed by atoms with Crippen LogP contribution >= 0.6 is 0 Å². The molecule has 2 heteroatoms. The molecule has 0 atom stereocenters. The molecule has 0 nitrogen and oxygen atoms in total. The summed E-state index contributed by atoms with van der Waals surface area (Å²) in [6.07, 6.45) is 18.0. The van der Waals surface area contributed by atoms with Crippen molar-refractivity contribution < 1.29 is 9.41 Å². The zero-order chi connectivity index (χ0) is 8.49. The van der Waals surface area contributed by atoms with E-state index < -0.39 is 0 Å². The second kappa shape index (κ2) is 12.9. The zero-order valence-corrected chi connectivity index (χ0v) is 9.30. The standard InChI is InChI=1S/2C6H12.2FH/c2*1-2-4-6-5-3-1;;/h2*1-6H2;2*1H. The van der Waals surface area contributed by atoms with Crippen LogP contribution in [0.3, 0.4) is 0 Å². The molecule has 0 amide bonds. The summed E-state index contributed by atoms with van der Waals surface area (Å²) in [6, 6.07) is 0. The zero-order valence-electron chi connectivity index (χ0n) is 9.30. The van der Waals surface area contributed by atoms with Gasteiger partial charge in [0.05, 0.1) is 0 Å². The summed E-state index contributed by atoms with van der Waals surface area (Å²) in [6.45, 7) is 0. The normalized spacial score (nSPS) is 20.6. The van der Waals surface area contributed by atoms with Crippen molar-refractivity contribution >= 4 is 0 Å². The van der Waals surface area contributed by atoms with Gasteiger partial charge >= 0.3 is 0 Å². The monoisotopic (exact) mass is 208 g/mol. The van der Waals surface area contributed by atoms with Crippen molar-refractivity contribution in [3.05, 3.63) is 0 Å². The average molecular weight is 208 g/mol. The van der Waals surface area contributed by atoms with Gasteiger partial charge in [-0.05, 0) is 0 Å². The van der Waals surface area contributed by atoms with Crippen LogP contribution in [0.4, 0.5) is 9.41 Å². The molecule has 0 aromatic heterocycles. The second-order valence-electron chi connectivity index (χ2n) is 4.24. The van der Waals surface area contributed by atoms with Gasteiger partial charge in [0.2, 0.25) is 0 Å². The first-order valence-corrected chi connectivity index (χ1v) is 6.00. The SMILES string of the molecule is C1CCCCC1.C1CCCCC1.F.F. The molecule has 0 aromatic rings. The molecule has 2 saturated carbocycles. The topological polar surface area (TPSA) is 0 Å². The van der Waals surface area contributed by atoms with Crippen LogP contribution in [0.25, 0.3) is 0 Å². The lowest BCUT2D eigenvalue weighted by molar-refractivity contribution is 0.504. The van der Waals surface area contributed by atoms with E-state index in [0.717, 1.165) is 0 Å². The van der Waals surface area contributed by atoms with Gasteiger partial charge in [0.25, 0.3) is 0 Å². The largest absolute Gasteiger partial charge is 0.269 e. The quantitative estimate of drug-likeness (QED) is 0.526. The van der Waals surface area contributed by atoms with E-state index in [1.54, 1.807) is 0 Å². The number of rotatable bonds is 0. The molecule has 0 saturated heterocycles. The predicted molar refractivity (Wildman–Crippen MR) is 60.4 cm³/mol. The summed E-state index contributed by atoms with van der Waals surface area (Å²) in [5, 5.41) is 0. The van der Waals surface area contributed by atoms with Gasteiger partial charge in [-0.3, -0.25) is 9.41 Å². The first kappa shape index (κ1) is 16.3. The Balaban J connectivity index is 0. The summed E-state index contributed by atoms with van der Waals surface area (Å²) < 4.78 is 0. The van der Waals surface area contributed by atoms with Gasteiger partial charge in [-0.2, -0.15) is 0 Å². The van der Waals surface area contributed by atoms with E-state index in [2.05, 4.69) is 0 Å². The fourth-order valence-electron chi connectivity index (χ4n) is 2.12. The molecule has 2 aliphatic rings. The Morgan fingerprint density at radius 3 is 0.357 bits per heavy atom. The molecule has 0 spiro atoms. The summed E-state index contributed by atoms with van der Waals surface area (Å²) in [4.78, 5) is 0. The number of hydrogen-bond donors (Lipinski definition) is 0. The average Bonchev–Trinajstić information content (AvgIpc) is 2.24. The fraction of sp³-hybridized carbons (Fsp3) is 1.00. The fourth-order valence-corrected chi connectivity index (χ4v) is 2.12. The third-order valence-corrected chi connectivity index (χ3v) is 3.00. The molecule has 2 aliphatic carbocycles. The number of halogens is 2. The first-order valence-electron chi connectivity index (χ1n) is 6.00. The van der Waals surface area contributed by atoms with Crippen LogP contribution in [0, 0.1) is 0 Å². The highest BCUT2D eigenvalue weighted by Crippen LogP contribution is 2.15. The van der Waals surface area contributed by atoms with E-state index in [4.69, 9.17) is 0 Å². The maximum Gasteiger partial charge on any atom is -0.0533 e. The number of hydrogen-bond acceptors (Lipinski definition) is 0. The molecule has 88 valence electrons. The van der Waals surface area contributed by atoms with Crippen molar-refractivity contribution in [1.82, 2.24) is 0 Å². The minimum Gasteiger partial charge on any atom is -0.269 e. The van der Waals surface area contributed by atoms with E-state index in [1.807, 2.05) is 0 Å². The van der Waals surface area contributed by atoms with Crippen LogP contribution in [-0.2, 0) is 0 Å². The molecule has 0 aliphatic heterocycles. The Labute approximate surface area is 87.2 Å². The highest BCUT2D eigenvalue weighted by Gasteiger charge is 1.96. The van der Waals surface area contributed by atoms with E-state index in [9.17, 15) is 0 Å². The van der Waals surface area contributed by atoms with E-state index >= 15 is 0 Å². The summed E-state index contributed by atoms with van der Waals surface area (Å²) in [5.41, 5.74) is 0. The Morgan fingerprint density at radius 2 is 0.286 bits per heavy atom. The van der Waals surface area contributed by atoms with Crippen LogP contribution in [0.5, 0.6) is 0 Å². The third-order valence-electron chi connectivity index (χ3n) is 3.00. The summed E-state index contributed by atoms with van der Waals surface area (Å²) in [5.74, 6) is 0. The van der Waals surface area contributed by atoms with Gasteiger partial charge in [-0.25, -0.2) is 0 Å². The molecule has 0 unspecified atom stereocenters. The molecular formula is C12H26F2. The molecule has 0 aromatic carbocycles. The van der Waals surface area contributed by atoms with Crippen molar-refractivity contribution in [1.29, 1.82) is 0 Å². The van der Waals surface area contributed by atoms with Gasteiger partial charge in [0.1, 0.15) is 0 Å². The van der Waals surface area contributed by atoms with E-state index in [0.29, 0.717) is 0 Å². The molecular weight excluding hydrogens is 182 g/mol. The van der Waals surface area contributed by atoms with Crippen molar-refractivity contribution in [3.8, 4) is 0 Å². The predicted octanol–water partition coefficient (Wildman–Crippen LogP) is 4.99. The van der Waals surface area contributed by atoms with E-state index in [1.165, 1.54) is 77.0 Å². The van der Waals surface area contributed by atoms with Crippen LogP contribution in [0.15, 0.2) is 0 Å². The Morgan fingerprint density at radius 1 is 0.214 bits per heavy atom. The summed E-state index contributed by atoms with van der Waals surface area (Å²) in [7, 11) is 0. The molecule has 0 bridgehead atoms. The van der Waals surface area contributed by atoms with Gasteiger partial charge in [-0.15, -0.1) is 0 Å². The molecule has 0 N–H and O–H groups in total. The third kappa shape index (κ3) is 9.94. The first-order chi connectivity index (χ1) is 6.00. The molecule has 14 heavy (non-hydrogen) atoms. The van der Waals surface area contributed by atoms with Crippen molar-refractivity contribution in [2.45, 2.75) is 77.0 Å². The highest BCUT2D eigenvalue weighted by molar-refractivity contribution is 4.51. The van der Waals surface area contributed by atoms with Gasteiger partial charge in [0, 0.05) is 0 Å². The lowest BCUT2D eigenvalue weighted by Crippen LogP contribution is -1.85. The minimum atomic E-state index is 0. The van der Waals surface area contributed by atoms with Crippen molar-refractivity contribution in [2.24, 2.45) is 0 Å². The maximum absolute atomic E-state index is 1.50. The Bertz CT molecular complexity index is 51.3. The smallest absolute Gasteiger partial charge is 0.0533 e. The molecule has 0 heterocycles.